The molecule has 0 aliphatic heterocycles. The van der Waals surface area contributed by atoms with Gasteiger partial charge in [0.25, 0.3) is 0 Å². The summed E-state index contributed by atoms with van der Waals surface area (Å²) in [5.74, 6) is -3.72. The normalized spacial score (nSPS) is 15.2. The van der Waals surface area contributed by atoms with E-state index < -0.39 is 39.7 Å². The molecular weight excluding hydrogens is 238 g/mol. The minimum absolute atomic E-state index is 0.799. The molecule has 16 heavy (non-hydrogen) atoms. The van der Waals surface area contributed by atoms with Crippen LogP contribution in [0.3, 0.4) is 0 Å². The molecule has 0 aliphatic carbocycles. The number of carbonyl (C=O) groups is 2. The Bertz CT molecular complexity index is 363. The second kappa shape index (κ2) is 5.80. The summed E-state index contributed by atoms with van der Waals surface area (Å²) in [6.45, 7) is 2.78. The molecule has 0 amide bonds. The summed E-state index contributed by atoms with van der Waals surface area (Å²) >= 11 is 0. The maximum absolute atomic E-state index is 11.3. The van der Waals surface area contributed by atoms with Gasteiger partial charge in [-0.25, -0.2) is 13.1 Å². The highest BCUT2D eigenvalue weighted by molar-refractivity contribution is 7.90. The molecule has 0 bridgehead atoms. The van der Waals surface area contributed by atoms with E-state index in [1.54, 1.807) is 0 Å². The number of rotatable bonds is 6. The fraction of sp³-hybridized carbons (Fsp3) is 0.750. The first kappa shape index (κ1) is 14.8. The van der Waals surface area contributed by atoms with Crippen molar-refractivity contribution in [1.29, 1.82) is 0 Å². The zero-order valence-electron chi connectivity index (χ0n) is 9.26. The van der Waals surface area contributed by atoms with Gasteiger partial charge in [0.2, 0.25) is 10.0 Å². The van der Waals surface area contributed by atoms with E-state index in [1.807, 2.05) is 0 Å². The van der Waals surface area contributed by atoms with Gasteiger partial charge in [0.15, 0.2) is 5.75 Å². The van der Waals surface area contributed by atoms with Crippen LogP contribution in [-0.2, 0) is 24.3 Å². The standard InChI is InChI=1S/C8H15NO6S/c1-5(8(11)12)6(2)9-16(13,14)4-7(10)15-3/h5-6,9H,4H2,1-3H3,(H,11,12). The first-order chi connectivity index (χ1) is 7.19. The van der Waals surface area contributed by atoms with Crippen LogP contribution in [0.2, 0.25) is 0 Å². The van der Waals surface area contributed by atoms with Crippen LogP contribution >= 0.6 is 0 Å². The maximum atomic E-state index is 11.3. The average Bonchev–Trinajstić information content (AvgIpc) is 2.14. The van der Waals surface area contributed by atoms with Crippen molar-refractivity contribution in [2.24, 2.45) is 5.92 Å². The van der Waals surface area contributed by atoms with Gasteiger partial charge in [-0.1, -0.05) is 6.92 Å². The maximum Gasteiger partial charge on any atom is 0.322 e. The van der Waals surface area contributed by atoms with Crippen LogP contribution in [0.4, 0.5) is 0 Å². The number of methoxy groups -OCH3 is 1. The molecule has 8 heteroatoms. The van der Waals surface area contributed by atoms with E-state index in [4.69, 9.17) is 5.11 Å². The molecule has 0 saturated heterocycles. The first-order valence-corrected chi connectivity index (χ1v) is 6.14. The highest BCUT2D eigenvalue weighted by atomic mass is 32.2. The Morgan fingerprint density at radius 2 is 1.88 bits per heavy atom. The molecule has 0 fully saturated rings. The molecular formula is C8H15NO6S. The van der Waals surface area contributed by atoms with Gasteiger partial charge in [0.1, 0.15) is 0 Å². The number of aliphatic carboxylic acids is 1. The smallest absolute Gasteiger partial charge is 0.322 e. The molecule has 2 unspecified atom stereocenters. The zero-order chi connectivity index (χ0) is 12.9. The molecule has 7 nitrogen and oxygen atoms in total. The van der Waals surface area contributed by atoms with E-state index in [2.05, 4.69) is 9.46 Å². The molecule has 0 aliphatic rings. The summed E-state index contributed by atoms with van der Waals surface area (Å²) in [7, 11) is -2.79. The van der Waals surface area contributed by atoms with Gasteiger partial charge in [-0.05, 0) is 6.92 Å². The number of ether oxygens (including phenoxy) is 1. The number of hydrogen-bond acceptors (Lipinski definition) is 5. The SMILES string of the molecule is COC(=O)CS(=O)(=O)NC(C)C(C)C(=O)O. The fourth-order valence-corrected chi connectivity index (χ4v) is 2.14. The fourth-order valence-electron chi connectivity index (χ4n) is 0.855. The van der Waals surface area contributed by atoms with E-state index in [-0.39, 0.29) is 0 Å². The van der Waals surface area contributed by atoms with Gasteiger partial charge in [0, 0.05) is 6.04 Å². The first-order valence-electron chi connectivity index (χ1n) is 4.49. The summed E-state index contributed by atoms with van der Waals surface area (Å²) in [5, 5.41) is 8.65. The molecule has 0 radical (unpaired) electrons. The van der Waals surface area contributed by atoms with Crippen LogP contribution in [0, 0.1) is 5.92 Å². The molecule has 0 aromatic heterocycles. The molecule has 0 heterocycles. The lowest BCUT2D eigenvalue weighted by Crippen LogP contribution is -2.42. The third kappa shape index (κ3) is 5.08. The summed E-state index contributed by atoms with van der Waals surface area (Å²) in [5.41, 5.74) is 0. The number of sulfonamides is 1. The second-order valence-corrected chi connectivity index (χ2v) is 5.12. The molecule has 0 aromatic rings. The predicted octanol–water partition coefficient (Wildman–Crippen LogP) is -0.812. The quantitative estimate of drug-likeness (QED) is 0.599. The molecule has 0 aromatic carbocycles. The van der Waals surface area contributed by atoms with Gasteiger partial charge < -0.3 is 9.84 Å². The van der Waals surface area contributed by atoms with Crippen molar-refractivity contribution in [3.05, 3.63) is 0 Å². The average molecular weight is 253 g/mol. The van der Waals surface area contributed by atoms with E-state index in [1.165, 1.54) is 13.8 Å². The molecule has 2 N–H and O–H groups in total. The van der Waals surface area contributed by atoms with E-state index >= 15 is 0 Å². The third-order valence-electron chi connectivity index (χ3n) is 2.04. The molecule has 2 atom stereocenters. The van der Waals surface area contributed by atoms with Crippen LogP contribution in [-0.4, -0.2) is 44.4 Å². The number of carboxylic acid groups (broad SMARTS) is 1. The van der Waals surface area contributed by atoms with Crippen LogP contribution < -0.4 is 4.72 Å². The predicted molar refractivity (Wildman–Crippen MR) is 55.2 cm³/mol. The zero-order valence-corrected chi connectivity index (χ0v) is 10.1. The number of carboxylic acids is 1. The van der Waals surface area contributed by atoms with Crippen molar-refractivity contribution in [3.8, 4) is 0 Å². The monoisotopic (exact) mass is 253 g/mol. The topological polar surface area (TPSA) is 110 Å². The molecule has 94 valence electrons. The minimum Gasteiger partial charge on any atom is -0.481 e. The van der Waals surface area contributed by atoms with E-state index in [0.717, 1.165) is 7.11 Å². The van der Waals surface area contributed by atoms with Gasteiger partial charge in [-0.15, -0.1) is 0 Å². The number of carbonyl (C=O) groups excluding carboxylic acids is 1. The van der Waals surface area contributed by atoms with Crippen molar-refractivity contribution in [2.45, 2.75) is 19.9 Å². The Morgan fingerprint density at radius 3 is 2.25 bits per heavy atom. The number of hydrogen-bond donors (Lipinski definition) is 2. The summed E-state index contributed by atoms with van der Waals surface area (Å²) in [6.07, 6.45) is 0. The third-order valence-corrected chi connectivity index (χ3v) is 3.39. The number of esters is 1. The highest BCUT2D eigenvalue weighted by Gasteiger charge is 2.25. The second-order valence-electron chi connectivity index (χ2n) is 3.37. The van der Waals surface area contributed by atoms with Gasteiger partial charge in [0.05, 0.1) is 13.0 Å². The van der Waals surface area contributed by atoms with Crippen LogP contribution in [0.15, 0.2) is 0 Å². The molecule has 0 saturated carbocycles. The largest absolute Gasteiger partial charge is 0.481 e. The van der Waals surface area contributed by atoms with Gasteiger partial charge in [-0.3, -0.25) is 9.59 Å². The lowest BCUT2D eigenvalue weighted by atomic mass is 10.1. The van der Waals surface area contributed by atoms with Crippen molar-refractivity contribution in [3.63, 3.8) is 0 Å². The molecule has 0 spiro atoms. The Kier molecular flexibility index (Phi) is 5.39. The Hall–Kier alpha value is -1.15. The highest BCUT2D eigenvalue weighted by Crippen LogP contribution is 2.04. The van der Waals surface area contributed by atoms with Crippen molar-refractivity contribution in [1.82, 2.24) is 4.72 Å². The number of nitrogens with one attached hydrogen (secondary N) is 1. The van der Waals surface area contributed by atoms with Gasteiger partial charge >= 0.3 is 11.9 Å². The Labute approximate surface area is 93.8 Å². The van der Waals surface area contributed by atoms with E-state index in [9.17, 15) is 18.0 Å². The van der Waals surface area contributed by atoms with Crippen molar-refractivity contribution >= 4 is 22.0 Å². The summed E-state index contributed by atoms with van der Waals surface area (Å²) < 4.78 is 29.0. The van der Waals surface area contributed by atoms with E-state index in [0.29, 0.717) is 0 Å². The van der Waals surface area contributed by atoms with Crippen molar-refractivity contribution in [2.75, 3.05) is 12.9 Å². The van der Waals surface area contributed by atoms with Crippen molar-refractivity contribution < 1.29 is 27.9 Å². The summed E-state index contributed by atoms with van der Waals surface area (Å²) in [4.78, 5) is 21.3. The summed E-state index contributed by atoms with van der Waals surface area (Å²) in [6, 6.07) is -0.799. The lowest BCUT2D eigenvalue weighted by molar-refractivity contribution is -0.141. The van der Waals surface area contributed by atoms with Gasteiger partial charge in [-0.2, -0.15) is 0 Å². The Morgan fingerprint density at radius 1 is 1.38 bits per heavy atom. The van der Waals surface area contributed by atoms with Crippen LogP contribution in [0.5, 0.6) is 0 Å². The molecule has 0 rings (SSSR count). The van der Waals surface area contributed by atoms with Crippen LogP contribution in [0.1, 0.15) is 13.8 Å². The lowest BCUT2D eigenvalue weighted by Gasteiger charge is -2.17. The minimum atomic E-state index is -3.86. The van der Waals surface area contributed by atoms with Crippen LogP contribution in [0.25, 0.3) is 0 Å². The Balaban J connectivity index is 4.48.